The summed E-state index contributed by atoms with van der Waals surface area (Å²) in [4.78, 5) is 26.2. The van der Waals surface area contributed by atoms with Gasteiger partial charge in [0.1, 0.15) is 0 Å². The van der Waals surface area contributed by atoms with Gasteiger partial charge in [0.2, 0.25) is 5.91 Å². The van der Waals surface area contributed by atoms with Crippen LogP contribution >= 0.6 is 0 Å². The monoisotopic (exact) mass is 418 g/mol. The first-order chi connectivity index (χ1) is 14.9. The molecule has 0 saturated heterocycles. The van der Waals surface area contributed by atoms with Gasteiger partial charge in [0.25, 0.3) is 0 Å². The van der Waals surface area contributed by atoms with Crippen LogP contribution in [-0.2, 0) is 9.53 Å². The molecule has 3 rings (SSSR count). The Labute approximate surface area is 181 Å². The smallest absolute Gasteiger partial charge is 0.337 e. The van der Waals surface area contributed by atoms with Crippen LogP contribution < -0.4 is 10.2 Å². The van der Waals surface area contributed by atoms with E-state index in [1.807, 2.05) is 61.3 Å². The number of allylic oxidation sites excluding steroid dienone is 1. The normalized spacial score (nSPS) is 11.4. The second-order valence-electron chi connectivity index (χ2n) is 7.33. The molecule has 0 aliphatic carbocycles. The third-order valence-corrected chi connectivity index (χ3v) is 5.12. The molecule has 0 bridgehead atoms. The van der Waals surface area contributed by atoms with Gasteiger partial charge in [0, 0.05) is 32.5 Å². The zero-order valence-electron chi connectivity index (χ0n) is 17.9. The number of carboxylic acids is 1. The molecule has 0 aliphatic heterocycles. The number of fused-ring (bicyclic) bond motifs is 1. The Kier molecular flexibility index (Phi) is 7.05. The Balaban J connectivity index is 1.80. The number of carbonyl (C=O) groups is 2. The lowest BCUT2D eigenvalue weighted by atomic mass is 10.0. The standard InChI is InChI=1S/C25H26N2O4/c1-17(19-9-8-18-6-4-5-7-20(18)15-19)14-24(28)26-23-11-10-21(16-22(23)25(29)30)27(2)12-13-31-3/h4-11,14-16H,12-13H2,1-3H3,(H,26,28)(H,29,30)/b17-14-. The minimum absolute atomic E-state index is 0.0341. The third-order valence-electron chi connectivity index (χ3n) is 5.12. The van der Waals surface area contributed by atoms with Gasteiger partial charge in [-0.25, -0.2) is 4.79 Å². The number of rotatable bonds is 8. The lowest BCUT2D eigenvalue weighted by Crippen LogP contribution is -2.22. The number of likely N-dealkylation sites (N-methyl/N-ethyl adjacent to an activating group) is 1. The summed E-state index contributed by atoms with van der Waals surface area (Å²) >= 11 is 0. The molecule has 0 fully saturated rings. The molecule has 0 spiro atoms. The fourth-order valence-corrected chi connectivity index (χ4v) is 3.30. The summed E-state index contributed by atoms with van der Waals surface area (Å²) in [5, 5.41) is 14.5. The molecule has 6 nitrogen and oxygen atoms in total. The van der Waals surface area contributed by atoms with Crippen molar-refractivity contribution in [3.8, 4) is 0 Å². The van der Waals surface area contributed by atoms with Gasteiger partial charge >= 0.3 is 5.97 Å². The molecule has 0 aliphatic rings. The van der Waals surface area contributed by atoms with Crippen LogP contribution in [-0.4, -0.2) is 44.3 Å². The van der Waals surface area contributed by atoms with Crippen LogP contribution in [0.25, 0.3) is 16.3 Å². The molecular weight excluding hydrogens is 392 g/mol. The highest BCUT2D eigenvalue weighted by Gasteiger charge is 2.14. The molecule has 0 saturated carbocycles. The van der Waals surface area contributed by atoms with Gasteiger partial charge in [-0.15, -0.1) is 0 Å². The highest BCUT2D eigenvalue weighted by atomic mass is 16.5. The number of carboxylic acid groups (broad SMARTS) is 1. The highest BCUT2D eigenvalue weighted by molar-refractivity contribution is 6.07. The molecule has 6 heteroatoms. The van der Waals surface area contributed by atoms with E-state index in [2.05, 4.69) is 5.32 Å². The van der Waals surface area contributed by atoms with Gasteiger partial charge in [-0.1, -0.05) is 36.4 Å². The number of methoxy groups -OCH3 is 1. The minimum atomic E-state index is -1.10. The Morgan fingerprint density at radius 3 is 2.52 bits per heavy atom. The van der Waals surface area contributed by atoms with Crippen LogP contribution in [0.5, 0.6) is 0 Å². The second-order valence-corrected chi connectivity index (χ2v) is 7.33. The number of anilines is 2. The number of hydrogen-bond donors (Lipinski definition) is 2. The van der Waals surface area contributed by atoms with Crippen LogP contribution in [0.15, 0.2) is 66.7 Å². The van der Waals surface area contributed by atoms with E-state index in [1.165, 1.54) is 6.08 Å². The van der Waals surface area contributed by atoms with Crippen molar-refractivity contribution < 1.29 is 19.4 Å². The largest absolute Gasteiger partial charge is 0.478 e. The number of carbonyl (C=O) groups excluding carboxylic acids is 1. The molecule has 31 heavy (non-hydrogen) atoms. The maximum absolute atomic E-state index is 12.6. The van der Waals surface area contributed by atoms with E-state index in [4.69, 9.17) is 4.74 Å². The SMILES string of the molecule is COCCN(C)c1ccc(NC(=O)/C=C(/C)c2ccc3ccccc3c2)c(C(=O)O)c1. The number of benzene rings is 3. The lowest BCUT2D eigenvalue weighted by Gasteiger charge is -2.20. The van der Waals surface area contributed by atoms with Crippen LogP contribution in [0, 0.1) is 0 Å². The number of nitrogens with one attached hydrogen (secondary N) is 1. The fourth-order valence-electron chi connectivity index (χ4n) is 3.30. The molecule has 0 heterocycles. The zero-order valence-corrected chi connectivity index (χ0v) is 17.9. The first-order valence-corrected chi connectivity index (χ1v) is 9.95. The molecule has 0 radical (unpaired) electrons. The highest BCUT2D eigenvalue weighted by Crippen LogP contribution is 2.24. The van der Waals surface area contributed by atoms with Crippen molar-refractivity contribution in [3.05, 3.63) is 77.9 Å². The predicted molar refractivity (Wildman–Crippen MR) is 125 cm³/mol. The van der Waals surface area contributed by atoms with Gasteiger partial charge < -0.3 is 20.1 Å². The number of hydrogen-bond acceptors (Lipinski definition) is 4. The molecule has 3 aromatic carbocycles. The summed E-state index contributed by atoms with van der Waals surface area (Å²) in [6.45, 7) is 3.00. The van der Waals surface area contributed by atoms with Gasteiger partial charge in [-0.3, -0.25) is 4.79 Å². The zero-order chi connectivity index (χ0) is 22.4. The van der Waals surface area contributed by atoms with E-state index in [-0.39, 0.29) is 17.2 Å². The van der Waals surface area contributed by atoms with Gasteiger partial charge in [-0.2, -0.15) is 0 Å². The topological polar surface area (TPSA) is 78.9 Å². The first kappa shape index (κ1) is 22.1. The summed E-state index contributed by atoms with van der Waals surface area (Å²) in [7, 11) is 3.47. The molecule has 0 unspecified atom stereocenters. The van der Waals surface area contributed by atoms with E-state index in [0.29, 0.717) is 13.2 Å². The summed E-state index contributed by atoms with van der Waals surface area (Å²) in [5.41, 5.74) is 2.74. The van der Waals surface area contributed by atoms with Crippen LogP contribution in [0.1, 0.15) is 22.8 Å². The van der Waals surface area contributed by atoms with E-state index >= 15 is 0 Å². The minimum Gasteiger partial charge on any atom is -0.478 e. The number of aromatic carboxylic acids is 1. The molecule has 1 amide bonds. The van der Waals surface area contributed by atoms with Gasteiger partial charge in [0.05, 0.1) is 17.9 Å². The number of ether oxygens (including phenoxy) is 1. The summed E-state index contributed by atoms with van der Waals surface area (Å²) in [6, 6.07) is 19.0. The van der Waals surface area contributed by atoms with Crippen LogP contribution in [0.3, 0.4) is 0 Å². The Morgan fingerprint density at radius 2 is 1.81 bits per heavy atom. The van der Waals surface area contributed by atoms with E-state index in [0.717, 1.165) is 27.6 Å². The maximum atomic E-state index is 12.6. The second kappa shape index (κ2) is 9.91. The van der Waals surface area contributed by atoms with E-state index in [9.17, 15) is 14.7 Å². The van der Waals surface area contributed by atoms with Crippen LogP contribution in [0.4, 0.5) is 11.4 Å². The molecular formula is C25H26N2O4. The Morgan fingerprint density at radius 1 is 1.06 bits per heavy atom. The van der Waals surface area contributed by atoms with Crippen molar-refractivity contribution >= 4 is 39.6 Å². The average Bonchev–Trinajstić information content (AvgIpc) is 2.77. The molecule has 160 valence electrons. The third kappa shape index (κ3) is 5.49. The number of amides is 1. The number of nitrogens with zero attached hydrogens (tertiary/aromatic N) is 1. The van der Waals surface area contributed by atoms with Crippen molar-refractivity contribution in [3.63, 3.8) is 0 Å². The van der Waals surface area contributed by atoms with Gasteiger partial charge in [0.15, 0.2) is 0 Å². The fraction of sp³-hybridized carbons (Fsp3) is 0.200. The Bertz CT molecular complexity index is 1140. The Hall–Kier alpha value is -3.64. The maximum Gasteiger partial charge on any atom is 0.337 e. The van der Waals surface area contributed by atoms with Crippen molar-refractivity contribution in [1.29, 1.82) is 0 Å². The van der Waals surface area contributed by atoms with Crippen molar-refractivity contribution in [1.82, 2.24) is 0 Å². The average molecular weight is 418 g/mol. The molecule has 3 aromatic rings. The van der Waals surface area contributed by atoms with E-state index in [1.54, 1.807) is 25.3 Å². The molecule has 2 N–H and O–H groups in total. The van der Waals surface area contributed by atoms with Gasteiger partial charge in [-0.05, 0) is 53.1 Å². The lowest BCUT2D eigenvalue weighted by molar-refractivity contribution is -0.111. The van der Waals surface area contributed by atoms with Crippen molar-refractivity contribution in [2.75, 3.05) is 37.5 Å². The summed E-state index contributed by atoms with van der Waals surface area (Å²) in [6.07, 6.45) is 1.48. The summed E-state index contributed by atoms with van der Waals surface area (Å²) in [5.74, 6) is -1.49. The predicted octanol–water partition coefficient (Wildman–Crippen LogP) is 4.66. The molecule has 0 aromatic heterocycles. The molecule has 0 atom stereocenters. The van der Waals surface area contributed by atoms with Crippen LogP contribution in [0.2, 0.25) is 0 Å². The van der Waals surface area contributed by atoms with E-state index < -0.39 is 5.97 Å². The quantitative estimate of drug-likeness (QED) is 0.520. The van der Waals surface area contributed by atoms with Crippen molar-refractivity contribution in [2.24, 2.45) is 0 Å². The summed E-state index contributed by atoms with van der Waals surface area (Å²) < 4.78 is 5.06. The van der Waals surface area contributed by atoms with Crippen molar-refractivity contribution in [2.45, 2.75) is 6.92 Å². The first-order valence-electron chi connectivity index (χ1n) is 9.95.